The van der Waals surface area contributed by atoms with Gasteiger partial charge in [0.1, 0.15) is 24.4 Å². The average molecular weight is 491 g/mol. The Morgan fingerprint density at radius 3 is 1.92 bits per heavy atom. The normalized spacial score (nSPS) is 19.4. The first kappa shape index (κ1) is 26.0. The van der Waals surface area contributed by atoms with Crippen molar-refractivity contribution in [3.8, 4) is 0 Å². The van der Waals surface area contributed by atoms with E-state index >= 15 is 0 Å². The van der Waals surface area contributed by atoms with Gasteiger partial charge in [0.25, 0.3) is 0 Å². The minimum absolute atomic E-state index is 0.334. The highest BCUT2D eigenvalue weighted by Crippen LogP contribution is 2.30. The molecule has 4 atom stereocenters. The van der Waals surface area contributed by atoms with Gasteiger partial charge in [-0.25, -0.2) is 4.79 Å². The molecule has 0 unspecified atom stereocenters. The third-order valence-corrected chi connectivity index (χ3v) is 6.06. The van der Waals surface area contributed by atoms with Crippen LogP contribution in [0.1, 0.15) is 42.3 Å². The van der Waals surface area contributed by atoms with Crippen molar-refractivity contribution in [1.29, 1.82) is 0 Å². The molecule has 6 heteroatoms. The lowest BCUT2D eigenvalue weighted by atomic mass is 10.0. The molecule has 1 fully saturated rings. The zero-order valence-corrected chi connectivity index (χ0v) is 21.0. The van der Waals surface area contributed by atoms with Crippen LogP contribution in [0.2, 0.25) is 0 Å². The molecule has 0 spiro atoms. The van der Waals surface area contributed by atoms with Gasteiger partial charge in [-0.15, -0.1) is 0 Å². The van der Waals surface area contributed by atoms with Crippen LogP contribution in [0.3, 0.4) is 0 Å². The Labute approximate surface area is 213 Å². The molecule has 0 aliphatic carbocycles. The van der Waals surface area contributed by atoms with E-state index < -0.39 is 36.2 Å². The van der Waals surface area contributed by atoms with Gasteiger partial charge in [-0.1, -0.05) is 78.9 Å². The summed E-state index contributed by atoms with van der Waals surface area (Å²) in [5.74, 6) is -1.16. The predicted molar refractivity (Wildman–Crippen MR) is 136 cm³/mol. The van der Waals surface area contributed by atoms with E-state index in [9.17, 15) is 4.79 Å². The standard InChI is InChI=1S/C30H34O6/c1-22(35-29(31)25-17-11-6-12-18-25)27(32-19-23-13-7-4-8-14-23)28(26-21-34-30(2,3)36-26)33-20-24-15-9-5-10-16-24/h4-18,22,26-28H,19-21H2,1-3H3/t22-,26-,27-,28-/m1/s1. The fourth-order valence-electron chi connectivity index (χ4n) is 4.20. The van der Waals surface area contributed by atoms with Crippen LogP contribution in [0.4, 0.5) is 0 Å². The summed E-state index contributed by atoms with van der Waals surface area (Å²) in [6.07, 6.45) is -2.17. The van der Waals surface area contributed by atoms with E-state index in [0.29, 0.717) is 25.4 Å². The Kier molecular flexibility index (Phi) is 8.88. The summed E-state index contributed by atoms with van der Waals surface area (Å²) in [5.41, 5.74) is 2.51. The van der Waals surface area contributed by atoms with Crippen LogP contribution < -0.4 is 0 Å². The van der Waals surface area contributed by atoms with Crippen LogP contribution in [-0.4, -0.2) is 42.8 Å². The summed E-state index contributed by atoms with van der Waals surface area (Å²) < 4.78 is 30.8. The van der Waals surface area contributed by atoms with Crippen molar-refractivity contribution in [3.63, 3.8) is 0 Å². The zero-order chi connectivity index (χ0) is 25.4. The second-order valence-corrected chi connectivity index (χ2v) is 9.37. The molecular formula is C30H34O6. The molecule has 36 heavy (non-hydrogen) atoms. The van der Waals surface area contributed by atoms with Crippen molar-refractivity contribution in [2.45, 2.75) is 64.2 Å². The number of carbonyl (C=O) groups is 1. The highest BCUT2D eigenvalue weighted by atomic mass is 16.8. The maximum Gasteiger partial charge on any atom is 0.338 e. The maximum absolute atomic E-state index is 12.9. The second-order valence-electron chi connectivity index (χ2n) is 9.37. The Balaban J connectivity index is 1.57. The average Bonchev–Trinajstić information content (AvgIpc) is 3.26. The van der Waals surface area contributed by atoms with E-state index in [1.807, 2.05) is 99.6 Å². The minimum Gasteiger partial charge on any atom is -0.456 e. The number of carbonyl (C=O) groups excluding carboxylic acids is 1. The molecular weight excluding hydrogens is 456 g/mol. The van der Waals surface area contributed by atoms with Gasteiger partial charge in [-0.3, -0.25) is 0 Å². The van der Waals surface area contributed by atoms with Gasteiger partial charge in [-0.2, -0.15) is 0 Å². The fourth-order valence-corrected chi connectivity index (χ4v) is 4.20. The summed E-state index contributed by atoms with van der Waals surface area (Å²) in [4.78, 5) is 12.9. The molecule has 190 valence electrons. The third-order valence-electron chi connectivity index (χ3n) is 6.06. The van der Waals surface area contributed by atoms with Gasteiger partial charge in [0.05, 0.1) is 25.4 Å². The molecule has 0 radical (unpaired) electrons. The van der Waals surface area contributed by atoms with Gasteiger partial charge in [0.2, 0.25) is 0 Å². The predicted octanol–water partition coefficient (Wildman–Crippen LogP) is 5.55. The summed E-state index contributed by atoms with van der Waals surface area (Å²) in [6.45, 7) is 6.62. The van der Waals surface area contributed by atoms with E-state index in [2.05, 4.69) is 0 Å². The molecule has 1 aliphatic heterocycles. The topological polar surface area (TPSA) is 63.2 Å². The first-order valence-corrected chi connectivity index (χ1v) is 12.3. The first-order valence-electron chi connectivity index (χ1n) is 12.3. The van der Waals surface area contributed by atoms with Crippen LogP contribution in [0.15, 0.2) is 91.0 Å². The Hall–Kier alpha value is -3.03. The van der Waals surface area contributed by atoms with E-state index in [1.54, 1.807) is 12.1 Å². The van der Waals surface area contributed by atoms with Crippen molar-refractivity contribution in [1.82, 2.24) is 0 Å². The van der Waals surface area contributed by atoms with Crippen LogP contribution >= 0.6 is 0 Å². The third kappa shape index (κ3) is 7.24. The summed E-state index contributed by atoms with van der Waals surface area (Å²) in [7, 11) is 0. The van der Waals surface area contributed by atoms with Gasteiger partial charge in [0.15, 0.2) is 5.79 Å². The quantitative estimate of drug-likeness (QED) is 0.328. The van der Waals surface area contributed by atoms with Crippen molar-refractivity contribution < 1.29 is 28.5 Å². The number of esters is 1. The minimum atomic E-state index is -0.743. The molecule has 0 amide bonds. The second kappa shape index (κ2) is 12.3. The number of benzene rings is 3. The van der Waals surface area contributed by atoms with Crippen LogP contribution in [0.5, 0.6) is 0 Å². The van der Waals surface area contributed by atoms with Crippen LogP contribution in [-0.2, 0) is 36.9 Å². The molecule has 0 saturated carbocycles. The smallest absolute Gasteiger partial charge is 0.338 e. The highest BCUT2D eigenvalue weighted by molar-refractivity contribution is 5.89. The highest BCUT2D eigenvalue weighted by Gasteiger charge is 2.44. The molecule has 1 saturated heterocycles. The lowest BCUT2D eigenvalue weighted by Crippen LogP contribution is -2.49. The van der Waals surface area contributed by atoms with Crippen molar-refractivity contribution in [3.05, 3.63) is 108 Å². The van der Waals surface area contributed by atoms with E-state index in [0.717, 1.165) is 11.1 Å². The molecule has 1 aliphatic rings. The van der Waals surface area contributed by atoms with Gasteiger partial charge in [-0.05, 0) is 44.0 Å². The van der Waals surface area contributed by atoms with Crippen molar-refractivity contribution >= 4 is 5.97 Å². The van der Waals surface area contributed by atoms with Crippen LogP contribution in [0, 0.1) is 0 Å². The van der Waals surface area contributed by atoms with Gasteiger partial charge in [0, 0.05) is 0 Å². The molecule has 4 rings (SSSR count). The fraction of sp³-hybridized carbons (Fsp3) is 0.367. The SMILES string of the molecule is C[C@@H](OC(=O)c1ccccc1)[C@@H](OCc1ccccc1)[C@H](OCc1ccccc1)[C@H]1COC(C)(C)O1. The summed E-state index contributed by atoms with van der Waals surface area (Å²) >= 11 is 0. The van der Waals surface area contributed by atoms with Gasteiger partial charge < -0.3 is 23.7 Å². The first-order chi connectivity index (χ1) is 17.4. The van der Waals surface area contributed by atoms with Crippen molar-refractivity contribution in [2.75, 3.05) is 6.61 Å². The molecule has 0 N–H and O–H groups in total. The van der Waals surface area contributed by atoms with E-state index in [4.69, 9.17) is 23.7 Å². The Bertz CT molecular complexity index is 1070. The molecule has 6 nitrogen and oxygen atoms in total. The Morgan fingerprint density at radius 1 is 0.861 bits per heavy atom. The number of hydrogen-bond donors (Lipinski definition) is 0. The molecule has 3 aromatic carbocycles. The summed E-state index contributed by atoms with van der Waals surface area (Å²) in [6, 6.07) is 28.7. The monoisotopic (exact) mass is 490 g/mol. The molecule has 3 aromatic rings. The largest absolute Gasteiger partial charge is 0.456 e. The number of rotatable bonds is 11. The molecule has 0 bridgehead atoms. The number of hydrogen-bond acceptors (Lipinski definition) is 6. The van der Waals surface area contributed by atoms with E-state index in [-0.39, 0.29) is 0 Å². The summed E-state index contributed by atoms with van der Waals surface area (Å²) in [5, 5.41) is 0. The molecule has 1 heterocycles. The Morgan fingerprint density at radius 2 is 1.39 bits per heavy atom. The van der Waals surface area contributed by atoms with Crippen LogP contribution in [0.25, 0.3) is 0 Å². The molecule has 0 aromatic heterocycles. The number of ether oxygens (including phenoxy) is 5. The van der Waals surface area contributed by atoms with Gasteiger partial charge >= 0.3 is 5.97 Å². The lowest BCUT2D eigenvalue weighted by Gasteiger charge is -2.34. The van der Waals surface area contributed by atoms with E-state index in [1.165, 1.54) is 0 Å². The zero-order valence-electron chi connectivity index (χ0n) is 21.0. The maximum atomic E-state index is 12.9. The van der Waals surface area contributed by atoms with Crippen molar-refractivity contribution in [2.24, 2.45) is 0 Å². The lowest BCUT2D eigenvalue weighted by molar-refractivity contribution is -0.193.